The number of ketones is 3. The molecule has 0 atom stereocenters. The van der Waals surface area contributed by atoms with E-state index in [1.54, 1.807) is 12.1 Å². The summed E-state index contributed by atoms with van der Waals surface area (Å²) >= 11 is 0. The van der Waals surface area contributed by atoms with Crippen LogP contribution in [0.4, 0.5) is 8.78 Å². The van der Waals surface area contributed by atoms with Gasteiger partial charge in [-0.05, 0) is 24.3 Å². The van der Waals surface area contributed by atoms with Crippen LogP contribution in [-0.2, 0) is 4.74 Å². The van der Waals surface area contributed by atoms with Crippen molar-refractivity contribution in [2.24, 2.45) is 0 Å². The molecule has 4 rings (SSSR count). The van der Waals surface area contributed by atoms with E-state index in [0.717, 1.165) is 12.1 Å². The van der Waals surface area contributed by atoms with Crippen molar-refractivity contribution in [2.75, 3.05) is 6.61 Å². The zero-order chi connectivity index (χ0) is 21.4. The number of fused-ring (bicyclic) bond motifs is 2. The van der Waals surface area contributed by atoms with E-state index in [1.165, 1.54) is 30.3 Å². The number of carbonyl (C=O) groups is 4. The van der Waals surface area contributed by atoms with Gasteiger partial charge in [0.25, 0.3) is 0 Å². The summed E-state index contributed by atoms with van der Waals surface area (Å²) in [4.78, 5) is 50.3. The fourth-order valence-electron chi connectivity index (χ4n) is 3.28. The number of halogens is 2. The second kappa shape index (κ2) is 7.44. The second-order valence-electron chi connectivity index (χ2n) is 6.56. The Morgan fingerprint density at radius 3 is 2.13 bits per heavy atom. The Balaban J connectivity index is 1.60. The lowest BCUT2D eigenvalue weighted by molar-refractivity contribution is 0.0472. The summed E-state index contributed by atoms with van der Waals surface area (Å²) in [6, 6.07) is 13.0. The molecule has 7 heteroatoms. The molecule has 0 spiro atoms. The normalized spacial score (nSPS) is 12.2. The van der Waals surface area contributed by atoms with Crippen molar-refractivity contribution >= 4 is 23.3 Å². The van der Waals surface area contributed by atoms with E-state index in [0.29, 0.717) is 6.07 Å². The molecule has 1 aliphatic carbocycles. The number of benzene rings is 3. The van der Waals surface area contributed by atoms with Crippen molar-refractivity contribution in [1.82, 2.24) is 0 Å². The first-order valence-electron chi connectivity index (χ1n) is 8.85. The van der Waals surface area contributed by atoms with Crippen LogP contribution < -0.4 is 0 Å². The molecular formula is C23H12F2O5. The summed E-state index contributed by atoms with van der Waals surface area (Å²) in [5, 5.41) is 0. The van der Waals surface area contributed by atoms with Gasteiger partial charge in [0.15, 0.2) is 35.6 Å². The monoisotopic (exact) mass is 406 g/mol. The molecule has 0 saturated heterocycles. The average Bonchev–Trinajstić information content (AvgIpc) is 2.77. The Labute approximate surface area is 168 Å². The molecule has 3 aromatic carbocycles. The summed E-state index contributed by atoms with van der Waals surface area (Å²) in [6.45, 7) is -0.744. The summed E-state index contributed by atoms with van der Waals surface area (Å²) in [6.07, 6.45) is 0. The number of ether oxygens (including phenoxy) is 1. The molecule has 148 valence electrons. The molecule has 0 heterocycles. The molecule has 1 aliphatic rings. The maximum absolute atomic E-state index is 13.3. The molecule has 0 saturated carbocycles. The van der Waals surface area contributed by atoms with E-state index in [2.05, 4.69) is 0 Å². The Kier molecular flexibility index (Phi) is 4.79. The third-order valence-electron chi connectivity index (χ3n) is 4.75. The van der Waals surface area contributed by atoms with Gasteiger partial charge in [0.2, 0.25) is 0 Å². The van der Waals surface area contributed by atoms with Gasteiger partial charge in [0.1, 0.15) is 0 Å². The van der Waals surface area contributed by atoms with Crippen LogP contribution in [0.2, 0.25) is 0 Å². The lowest BCUT2D eigenvalue weighted by Crippen LogP contribution is -2.25. The highest BCUT2D eigenvalue weighted by Crippen LogP contribution is 2.29. The highest BCUT2D eigenvalue weighted by Gasteiger charge is 2.33. The van der Waals surface area contributed by atoms with Crippen LogP contribution in [0.5, 0.6) is 0 Å². The van der Waals surface area contributed by atoms with Crippen molar-refractivity contribution < 1.29 is 32.7 Å². The maximum atomic E-state index is 13.3. The number of Topliss-reactive ketones (excluding diaryl/α,β-unsaturated/α-hetero) is 1. The largest absolute Gasteiger partial charge is 0.454 e. The van der Waals surface area contributed by atoms with E-state index < -0.39 is 41.6 Å². The van der Waals surface area contributed by atoms with Crippen LogP contribution in [0.1, 0.15) is 52.6 Å². The zero-order valence-corrected chi connectivity index (χ0v) is 15.3. The first-order chi connectivity index (χ1) is 14.4. The van der Waals surface area contributed by atoms with Gasteiger partial charge in [0.05, 0.1) is 5.56 Å². The van der Waals surface area contributed by atoms with Crippen LogP contribution >= 0.6 is 0 Å². The minimum Gasteiger partial charge on any atom is -0.454 e. The van der Waals surface area contributed by atoms with Crippen LogP contribution in [0, 0.1) is 11.6 Å². The Morgan fingerprint density at radius 1 is 0.767 bits per heavy atom. The first kappa shape index (κ1) is 19.3. The van der Waals surface area contributed by atoms with Crippen LogP contribution in [-0.4, -0.2) is 29.9 Å². The first-order valence-corrected chi connectivity index (χ1v) is 8.85. The van der Waals surface area contributed by atoms with Crippen LogP contribution in [0.25, 0.3) is 0 Å². The maximum Gasteiger partial charge on any atom is 0.339 e. The van der Waals surface area contributed by atoms with Crippen LogP contribution in [0.15, 0.2) is 60.7 Å². The smallest absolute Gasteiger partial charge is 0.339 e. The number of rotatable bonds is 4. The molecule has 30 heavy (non-hydrogen) atoms. The van der Waals surface area contributed by atoms with Crippen molar-refractivity contribution in [2.45, 2.75) is 0 Å². The number of hydrogen-bond donors (Lipinski definition) is 0. The SMILES string of the molecule is O=C(COC(=O)c1cccc2c1C(=O)c1ccccc1C2=O)c1ccc(F)c(F)c1. The van der Waals surface area contributed by atoms with Gasteiger partial charge in [-0.1, -0.05) is 36.4 Å². The molecule has 0 aromatic heterocycles. The van der Waals surface area contributed by atoms with Gasteiger partial charge in [-0.3, -0.25) is 14.4 Å². The van der Waals surface area contributed by atoms with Gasteiger partial charge >= 0.3 is 5.97 Å². The Bertz CT molecular complexity index is 1250. The number of esters is 1. The lowest BCUT2D eigenvalue weighted by atomic mass is 9.82. The fraction of sp³-hybridized carbons (Fsp3) is 0.0435. The predicted molar refractivity (Wildman–Crippen MR) is 101 cm³/mol. The molecule has 5 nitrogen and oxygen atoms in total. The van der Waals surface area contributed by atoms with Gasteiger partial charge in [-0.25, -0.2) is 13.6 Å². The van der Waals surface area contributed by atoms with E-state index in [-0.39, 0.29) is 33.4 Å². The quantitative estimate of drug-likeness (QED) is 0.381. The molecule has 0 bridgehead atoms. The number of hydrogen-bond acceptors (Lipinski definition) is 5. The minimum atomic E-state index is -1.20. The Hall–Kier alpha value is -4.00. The van der Waals surface area contributed by atoms with E-state index >= 15 is 0 Å². The van der Waals surface area contributed by atoms with E-state index in [4.69, 9.17) is 4.74 Å². The van der Waals surface area contributed by atoms with Crippen molar-refractivity contribution in [3.8, 4) is 0 Å². The van der Waals surface area contributed by atoms with Crippen molar-refractivity contribution in [3.05, 3.63) is 106 Å². The molecule has 0 unspecified atom stereocenters. The molecule has 0 amide bonds. The van der Waals surface area contributed by atoms with Crippen LogP contribution in [0.3, 0.4) is 0 Å². The third-order valence-corrected chi connectivity index (χ3v) is 4.75. The summed E-state index contributed by atoms with van der Waals surface area (Å²) in [5.74, 6) is -4.94. The number of carbonyl (C=O) groups excluding carboxylic acids is 4. The second-order valence-corrected chi connectivity index (χ2v) is 6.56. The average molecular weight is 406 g/mol. The highest BCUT2D eigenvalue weighted by atomic mass is 19.2. The van der Waals surface area contributed by atoms with Gasteiger partial charge < -0.3 is 4.74 Å². The molecular weight excluding hydrogens is 394 g/mol. The highest BCUT2D eigenvalue weighted by molar-refractivity contribution is 6.30. The van der Waals surface area contributed by atoms with E-state index in [9.17, 15) is 28.0 Å². The molecule has 0 aliphatic heterocycles. The van der Waals surface area contributed by atoms with Gasteiger partial charge in [0, 0.05) is 27.8 Å². The predicted octanol–water partition coefficient (Wildman–Crippen LogP) is 3.78. The lowest BCUT2D eigenvalue weighted by Gasteiger charge is -2.19. The molecule has 3 aromatic rings. The summed E-state index contributed by atoms with van der Waals surface area (Å²) in [5.41, 5.74) is 0.0733. The van der Waals surface area contributed by atoms with Crippen molar-refractivity contribution in [1.29, 1.82) is 0 Å². The van der Waals surface area contributed by atoms with Gasteiger partial charge in [-0.2, -0.15) is 0 Å². The van der Waals surface area contributed by atoms with Gasteiger partial charge in [-0.15, -0.1) is 0 Å². The minimum absolute atomic E-state index is 0.0695. The van der Waals surface area contributed by atoms with Crippen molar-refractivity contribution in [3.63, 3.8) is 0 Å². The fourth-order valence-corrected chi connectivity index (χ4v) is 3.28. The zero-order valence-electron chi connectivity index (χ0n) is 15.3. The molecule has 0 radical (unpaired) electrons. The summed E-state index contributed by atoms with van der Waals surface area (Å²) < 4.78 is 31.3. The molecule has 0 fully saturated rings. The summed E-state index contributed by atoms with van der Waals surface area (Å²) in [7, 11) is 0. The molecule has 0 N–H and O–H groups in total. The topological polar surface area (TPSA) is 77.5 Å². The Morgan fingerprint density at radius 2 is 1.43 bits per heavy atom. The van der Waals surface area contributed by atoms with E-state index in [1.807, 2.05) is 0 Å². The standard InChI is InChI=1S/C23H12F2O5/c24-17-9-8-12(10-18(17)25)19(26)11-30-23(29)16-7-3-6-15-20(16)22(28)14-5-2-1-4-13(14)21(15)27/h1-10H,11H2. The third kappa shape index (κ3) is 3.20.